The molecule has 0 fully saturated rings. The first-order chi connectivity index (χ1) is 22.4. The highest BCUT2D eigenvalue weighted by molar-refractivity contribution is 9.10. The molecule has 4 aromatic carbocycles. The van der Waals surface area contributed by atoms with Gasteiger partial charge in [0, 0.05) is 23.5 Å². The van der Waals surface area contributed by atoms with Crippen molar-refractivity contribution in [2.75, 3.05) is 18.0 Å². The molecule has 8 nitrogen and oxygen atoms in total. The highest BCUT2D eigenvalue weighted by Gasteiger charge is 2.35. The third-order valence-corrected chi connectivity index (χ3v) is 10.7. The molecule has 1 N–H and O–H groups in total. The molecule has 0 spiro atoms. The minimum Gasteiger partial charge on any atom is -0.496 e. The monoisotopic (exact) mass is 783 g/mol. The number of benzene rings is 4. The summed E-state index contributed by atoms with van der Waals surface area (Å²) in [6.07, 6.45) is 0.950. The van der Waals surface area contributed by atoms with Gasteiger partial charge >= 0.3 is 0 Å². The number of nitrogens with zero attached hydrogens (tertiary/aromatic N) is 2. The molecule has 11 heteroatoms. The van der Waals surface area contributed by atoms with E-state index < -0.39 is 28.5 Å². The summed E-state index contributed by atoms with van der Waals surface area (Å²) in [6.45, 7) is 5.34. The van der Waals surface area contributed by atoms with Crippen LogP contribution in [0.4, 0.5) is 5.69 Å². The van der Waals surface area contributed by atoms with Gasteiger partial charge in [-0.3, -0.25) is 13.9 Å². The number of carbonyl (C=O) groups is 2. The van der Waals surface area contributed by atoms with Crippen molar-refractivity contribution in [1.82, 2.24) is 10.2 Å². The van der Waals surface area contributed by atoms with Gasteiger partial charge in [-0.05, 0) is 89.8 Å². The average molecular weight is 786 g/mol. The minimum absolute atomic E-state index is 0.0209. The first-order valence-electron chi connectivity index (χ1n) is 15.2. The van der Waals surface area contributed by atoms with E-state index in [1.54, 1.807) is 30.3 Å². The number of halogens is 2. The number of carbonyl (C=O) groups excluding carboxylic acids is 2. The van der Waals surface area contributed by atoms with Crippen molar-refractivity contribution in [3.8, 4) is 5.75 Å². The third-order valence-electron chi connectivity index (χ3n) is 7.83. The quantitative estimate of drug-likeness (QED) is 0.145. The van der Waals surface area contributed by atoms with Crippen molar-refractivity contribution in [3.63, 3.8) is 0 Å². The second-order valence-electron chi connectivity index (χ2n) is 11.3. The van der Waals surface area contributed by atoms with E-state index in [0.29, 0.717) is 22.3 Å². The van der Waals surface area contributed by atoms with Gasteiger partial charge in [-0.15, -0.1) is 0 Å². The Labute approximate surface area is 294 Å². The zero-order valence-electron chi connectivity index (χ0n) is 26.8. The molecule has 0 unspecified atom stereocenters. The molecule has 0 bridgehead atoms. The third kappa shape index (κ3) is 9.46. The maximum Gasteiger partial charge on any atom is 0.264 e. The first-order valence-corrected chi connectivity index (χ1v) is 18.3. The fraction of sp³-hybridized carbons (Fsp3) is 0.278. The van der Waals surface area contributed by atoms with Crippen LogP contribution in [-0.2, 0) is 32.6 Å². The molecule has 0 saturated heterocycles. The molecular weight excluding hydrogens is 746 g/mol. The lowest BCUT2D eigenvalue weighted by Gasteiger charge is -2.34. The number of amides is 2. The number of hydrogen-bond acceptors (Lipinski definition) is 5. The maximum atomic E-state index is 14.6. The Kier molecular flexibility index (Phi) is 12.6. The Morgan fingerprint density at radius 3 is 2.19 bits per heavy atom. The highest BCUT2D eigenvalue weighted by atomic mass is 79.9. The molecule has 47 heavy (non-hydrogen) atoms. The van der Waals surface area contributed by atoms with Gasteiger partial charge in [0.05, 0.1) is 22.2 Å². The normalized spacial score (nSPS) is 12.6. The number of nitrogens with one attached hydrogen (secondary N) is 1. The van der Waals surface area contributed by atoms with E-state index in [-0.39, 0.29) is 29.8 Å². The topological polar surface area (TPSA) is 96.0 Å². The summed E-state index contributed by atoms with van der Waals surface area (Å²) in [7, 11) is -2.76. The van der Waals surface area contributed by atoms with Crippen molar-refractivity contribution < 1.29 is 22.7 Å². The molecule has 4 aromatic rings. The summed E-state index contributed by atoms with van der Waals surface area (Å²) in [5, 5.41) is 3.06. The largest absolute Gasteiger partial charge is 0.496 e. The zero-order chi connectivity index (χ0) is 34.1. The summed E-state index contributed by atoms with van der Waals surface area (Å²) < 4.78 is 36.3. The fourth-order valence-electron chi connectivity index (χ4n) is 5.00. The van der Waals surface area contributed by atoms with Crippen LogP contribution in [0.15, 0.2) is 111 Å². The van der Waals surface area contributed by atoms with E-state index in [9.17, 15) is 18.0 Å². The maximum absolute atomic E-state index is 14.6. The molecule has 248 valence electrons. The summed E-state index contributed by atoms with van der Waals surface area (Å²) in [6, 6.07) is 27.3. The van der Waals surface area contributed by atoms with Crippen LogP contribution < -0.4 is 14.4 Å². The molecule has 0 heterocycles. The van der Waals surface area contributed by atoms with Crippen LogP contribution in [0.25, 0.3) is 0 Å². The molecule has 0 radical (unpaired) electrons. The van der Waals surface area contributed by atoms with Crippen LogP contribution >= 0.6 is 31.9 Å². The summed E-state index contributed by atoms with van der Waals surface area (Å²) in [5.41, 5.74) is 2.91. The van der Waals surface area contributed by atoms with E-state index in [1.165, 1.54) is 24.1 Å². The van der Waals surface area contributed by atoms with Crippen LogP contribution in [-0.4, -0.2) is 50.9 Å². The van der Waals surface area contributed by atoms with Gasteiger partial charge in [-0.2, -0.15) is 0 Å². The van der Waals surface area contributed by atoms with Gasteiger partial charge in [0.25, 0.3) is 10.0 Å². The second kappa shape index (κ2) is 16.4. The smallest absolute Gasteiger partial charge is 0.264 e. The SMILES string of the molecule is CC[C@@H](C)NC(=O)[C@@H](Cc1ccccc1)N(Cc1cccc(Br)c1)C(=O)CN(c1ccc(C)cc1)S(=O)(=O)c1ccc(OC)c(Br)c1. The number of ether oxygens (including phenoxy) is 1. The standard InChI is InChI=1S/C36H39Br2N3O5S/c1-5-26(3)39-36(43)33(21-27-10-7-6-8-11-27)40(23-28-12-9-13-29(37)20-28)35(42)24-41(30-16-14-25(2)15-17-30)47(44,45)31-18-19-34(46-4)32(38)22-31/h6-20,22,26,33H,5,21,23-24H2,1-4H3,(H,39,43)/t26-,33-/m1/s1. The molecule has 0 aromatic heterocycles. The second-order valence-corrected chi connectivity index (χ2v) is 15.0. The average Bonchev–Trinajstić information content (AvgIpc) is 3.05. The van der Waals surface area contributed by atoms with Crippen LogP contribution in [0.1, 0.15) is 37.0 Å². The van der Waals surface area contributed by atoms with Gasteiger partial charge < -0.3 is 15.0 Å². The van der Waals surface area contributed by atoms with Crippen LogP contribution in [0.2, 0.25) is 0 Å². The Hall–Kier alpha value is -3.67. The van der Waals surface area contributed by atoms with E-state index >= 15 is 0 Å². The highest BCUT2D eigenvalue weighted by Crippen LogP contribution is 2.31. The van der Waals surface area contributed by atoms with E-state index in [1.807, 2.05) is 75.4 Å². The number of methoxy groups -OCH3 is 1. The molecule has 2 atom stereocenters. The van der Waals surface area contributed by atoms with Crippen molar-refractivity contribution >= 4 is 59.4 Å². The Morgan fingerprint density at radius 1 is 0.894 bits per heavy atom. The Balaban J connectivity index is 1.82. The van der Waals surface area contributed by atoms with Gasteiger partial charge in [-0.1, -0.05) is 83.0 Å². The number of aryl methyl sites for hydroxylation is 1. The Morgan fingerprint density at radius 2 is 1.57 bits per heavy atom. The lowest BCUT2D eigenvalue weighted by molar-refractivity contribution is -0.140. The molecule has 0 aliphatic heterocycles. The molecule has 0 aliphatic carbocycles. The van der Waals surface area contributed by atoms with Crippen LogP contribution in [0.5, 0.6) is 5.75 Å². The van der Waals surface area contributed by atoms with E-state index in [0.717, 1.165) is 25.5 Å². The first kappa shape index (κ1) is 36.2. The molecule has 0 saturated carbocycles. The van der Waals surface area contributed by atoms with E-state index in [4.69, 9.17) is 4.74 Å². The predicted molar refractivity (Wildman–Crippen MR) is 193 cm³/mol. The zero-order valence-corrected chi connectivity index (χ0v) is 30.8. The summed E-state index contributed by atoms with van der Waals surface area (Å²) in [4.78, 5) is 30.1. The lowest BCUT2D eigenvalue weighted by Crippen LogP contribution is -2.54. The summed E-state index contributed by atoms with van der Waals surface area (Å²) in [5.74, 6) is -0.365. The summed E-state index contributed by atoms with van der Waals surface area (Å²) >= 11 is 6.90. The van der Waals surface area contributed by atoms with Crippen molar-refractivity contribution in [3.05, 3.63) is 123 Å². The van der Waals surface area contributed by atoms with Gasteiger partial charge in [0.2, 0.25) is 11.8 Å². The minimum atomic E-state index is -4.26. The van der Waals surface area contributed by atoms with Crippen LogP contribution in [0.3, 0.4) is 0 Å². The molecular formula is C36H39Br2N3O5S. The van der Waals surface area contributed by atoms with Gasteiger partial charge in [-0.25, -0.2) is 8.42 Å². The van der Waals surface area contributed by atoms with Gasteiger partial charge in [0.15, 0.2) is 0 Å². The van der Waals surface area contributed by atoms with Gasteiger partial charge in [0.1, 0.15) is 18.3 Å². The fourth-order valence-corrected chi connectivity index (χ4v) is 7.58. The number of hydrogen-bond donors (Lipinski definition) is 1. The van der Waals surface area contributed by atoms with Crippen molar-refractivity contribution in [2.45, 2.75) is 57.1 Å². The Bertz CT molecular complexity index is 1790. The van der Waals surface area contributed by atoms with Crippen molar-refractivity contribution in [2.24, 2.45) is 0 Å². The predicted octanol–water partition coefficient (Wildman–Crippen LogP) is 7.28. The number of rotatable bonds is 14. The number of anilines is 1. The number of sulfonamides is 1. The van der Waals surface area contributed by atoms with Crippen molar-refractivity contribution in [1.29, 1.82) is 0 Å². The lowest BCUT2D eigenvalue weighted by atomic mass is 10.0. The van der Waals surface area contributed by atoms with Crippen LogP contribution in [0, 0.1) is 6.92 Å². The molecule has 2 amide bonds. The van der Waals surface area contributed by atoms with E-state index in [2.05, 4.69) is 37.2 Å². The molecule has 4 rings (SSSR count). The molecule has 0 aliphatic rings.